The van der Waals surface area contributed by atoms with Gasteiger partial charge < -0.3 is 15.6 Å². The largest absolute Gasteiger partial charge is 0.364 e. The summed E-state index contributed by atoms with van der Waals surface area (Å²) in [5.41, 5.74) is 1.54. The van der Waals surface area contributed by atoms with Crippen LogP contribution in [-0.2, 0) is 10.2 Å². The molecule has 0 fully saturated rings. The third-order valence-electron chi connectivity index (χ3n) is 3.42. The van der Waals surface area contributed by atoms with E-state index in [0.717, 1.165) is 17.8 Å². The van der Waals surface area contributed by atoms with Crippen LogP contribution in [-0.4, -0.2) is 16.8 Å². The monoisotopic (exact) mass is 329 g/mol. The first kappa shape index (κ1) is 17.5. The number of hydrogen-bond acceptors (Lipinski definition) is 2. The topological polar surface area (TPSA) is 74.0 Å². The molecule has 0 spiro atoms. The number of hydrogen-bond donors (Lipinski definition) is 3. The van der Waals surface area contributed by atoms with Gasteiger partial charge in [0.25, 0.3) is 5.91 Å². The number of H-pyrrole nitrogens is 1. The predicted molar refractivity (Wildman–Crippen MR) is 92.7 cm³/mol. The fourth-order valence-corrected chi connectivity index (χ4v) is 2.04. The number of aromatic amines is 1. The second-order valence-electron chi connectivity index (χ2n) is 6.39. The maximum Gasteiger partial charge on any atom is 0.257 e. The maximum atomic E-state index is 14.1. The number of carbonyl (C=O) groups is 2. The van der Waals surface area contributed by atoms with Crippen LogP contribution in [0.3, 0.4) is 0 Å². The average molecular weight is 329 g/mol. The molecule has 24 heavy (non-hydrogen) atoms. The van der Waals surface area contributed by atoms with Gasteiger partial charge in [0.2, 0.25) is 5.91 Å². The summed E-state index contributed by atoms with van der Waals surface area (Å²) in [4.78, 5) is 26.5. The summed E-state index contributed by atoms with van der Waals surface area (Å²) in [6.07, 6.45) is 2.68. The Bertz CT molecular complexity index is 788. The van der Waals surface area contributed by atoms with Crippen LogP contribution in [0.4, 0.5) is 15.8 Å². The van der Waals surface area contributed by atoms with Gasteiger partial charge in [-0.05, 0) is 30.3 Å². The molecule has 0 radical (unpaired) electrons. The lowest BCUT2D eigenvalue weighted by Gasteiger charge is -2.15. The highest BCUT2D eigenvalue weighted by Gasteiger charge is 2.18. The van der Waals surface area contributed by atoms with Crippen LogP contribution in [0.2, 0.25) is 0 Å². The third kappa shape index (κ3) is 4.10. The van der Waals surface area contributed by atoms with Crippen LogP contribution in [0.25, 0.3) is 0 Å². The van der Waals surface area contributed by atoms with Crippen LogP contribution in [0.5, 0.6) is 0 Å². The minimum Gasteiger partial charge on any atom is -0.364 e. The van der Waals surface area contributed by atoms with Crippen LogP contribution in [0, 0.1) is 5.82 Å². The Morgan fingerprint density at radius 3 is 2.46 bits per heavy atom. The van der Waals surface area contributed by atoms with Crippen molar-refractivity contribution in [2.45, 2.75) is 26.2 Å². The average Bonchev–Trinajstić information content (AvgIpc) is 3.00. The van der Waals surface area contributed by atoms with Gasteiger partial charge in [-0.1, -0.05) is 27.4 Å². The number of benzene rings is 1. The van der Waals surface area contributed by atoms with Gasteiger partial charge in [-0.25, -0.2) is 4.39 Å². The van der Waals surface area contributed by atoms with E-state index >= 15 is 0 Å². The third-order valence-corrected chi connectivity index (χ3v) is 3.42. The zero-order valence-electron chi connectivity index (χ0n) is 13.9. The van der Waals surface area contributed by atoms with Gasteiger partial charge >= 0.3 is 0 Å². The van der Waals surface area contributed by atoms with E-state index in [0.29, 0.717) is 5.56 Å². The van der Waals surface area contributed by atoms with Crippen molar-refractivity contribution in [2.24, 2.45) is 0 Å². The van der Waals surface area contributed by atoms with Crippen molar-refractivity contribution in [1.82, 2.24) is 4.98 Å². The zero-order valence-corrected chi connectivity index (χ0v) is 13.9. The molecule has 2 amide bonds. The molecule has 126 valence electrons. The molecule has 3 N–H and O–H groups in total. The van der Waals surface area contributed by atoms with Crippen LogP contribution in [0.1, 0.15) is 36.8 Å². The Morgan fingerprint density at radius 2 is 1.92 bits per heavy atom. The van der Waals surface area contributed by atoms with Gasteiger partial charge in [0.15, 0.2) is 0 Å². The van der Waals surface area contributed by atoms with E-state index in [2.05, 4.69) is 22.2 Å². The van der Waals surface area contributed by atoms with E-state index in [1.165, 1.54) is 12.1 Å². The Balaban J connectivity index is 2.13. The standard InChI is InChI=1S/C18H20FN3O2/c1-5-16(23)21-12-6-7-14(13(19)9-12)22-17(24)11-8-15(20-10-11)18(2,3)4/h5-10,20H,1H2,2-4H3,(H,21,23)(H,22,24). The van der Waals surface area contributed by atoms with Crippen molar-refractivity contribution in [3.8, 4) is 0 Å². The van der Waals surface area contributed by atoms with Gasteiger partial charge in [-0.3, -0.25) is 9.59 Å². The number of halogens is 1. The fourth-order valence-electron chi connectivity index (χ4n) is 2.04. The van der Waals surface area contributed by atoms with E-state index in [1.54, 1.807) is 12.3 Å². The number of rotatable bonds is 4. The highest BCUT2D eigenvalue weighted by molar-refractivity contribution is 6.04. The van der Waals surface area contributed by atoms with Crippen LogP contribution < -0.4 is 10.6 Å². The Morgan fingerprint density at radius 1 is 1.21 bits per heavy atom. The summed E-state index contributed by atoms with van der Waals surface area (Å²) in [5.74, 6) is -1.49. The maximum absolute atomic E-state index is 14.1. The first-order valence-electron chi connectivity index (χ1n) is 7.44. The molecule has 1 aromatic heterocycles. The lowest BCUT2D eigenvalue weighted by atomic mass is 9.92. The number of aromatic nitrogens is 1. The van der Waals surface area contributed by atoms with E-state index in [4.69, 9.17) is 0 Å². The first-order chi connectivity index (χ1) is 11.2. The summed E-state index contributed by atoms with van der Waals surface area (Å²) in [5, 5.41) is 4.97. The summed E-state index contributed by atoms with van der Waals surface area (Å²) < 4.78 is 14.1. The van der Waals surface area contributed by atoms with Gasteiger partial charge in [0.1, 0.15) is 5.82 Å². The molecule has 5 nitrogen and oxygen atoms in total. The molecule has 1 aromatic carbocycles. The molecule has 0 aliphatic heterocycles. The molecule has 0 aliphatic carbocycles. The molecule has 0 unspecified atom stereocenters. The van der Waals surface area contributed by atoms with Crippen molar-refractivity contribution < 1.29 is 14.0 Å². The molecule has 0 bridgehead atoms. The van der Waals surface area contributed by atoms with Gasteiger partial charge in [0.05, 0.1) is 11.3 Å². The van der Waals surface area contributed by atoms with E-state index in [9.17, 15) is 14.0 Å². The fraction of sp³-hybridized carbons (Fsp3) is 0.222. The Kier molecular flexibility index (Phi) is 4.87. The highest BCUT2D eigenvalue weighted by Crippen LogP contribution is 2.23. The van der Waals surface area contributed by atoms with Gasteiger partial charge in [-0.2, -0.15) is 0 Å². The molecule has 2 aromatic rings. The van der Waals surface area contributed by atoms with Gasteiger partial charge in [0, 0.05) is 23.0 Å². The predicted octanol–water partition coefficient (Wildman–Crippen LogP) is 3.83. The van der Waals surface area contributed by atoms with Gasteiger partial charge in [-0.15, -0.1) is 0 Å². The molecule has 0 saturated carbocycles. The van der Waals surface area contributed by atoms with Crippen molar-refractivity contribution in [1.29, 1.82) is 0 Å². The smallest absolute Gasteiger partial charge is 0.257 e. The summed E-state index contributed by atoms with van der Waals surface area (Å²) in [6, 6.07) is 5.77. The number of nitrogens with one attached hydrogen (secondary N) is 3. The van der Waals surface area contributed by atoms with Crippen molar-refractivity contribution in [2.75, 3.05) is 10.6 Å². The quantitative estimate of drug-likeness (QED) is 0.746. The molecule has 6 heteroatoms. The van der Waals surface area contributed by atoms with Crippen molar-refractivity contribution in [3.05, 3.63) is 60.2 Å². The molecule has 1 heterocycles. The number of anilines is 2. The Labute approximate surface area is 140 Å². The zero-order chi connectivity index (χ0) is 17.9. The highest BCUT2D eigenvalue weighted by atomic mass is 19.1. The Hall–Kier alpha value is -2.89. The second kappa shape index (κ2) is 6.70. The summed E-state index contributed by atoms with van der Waals surface area (Å²) in [6.45, 7) is 9.40. The van der Waals surface area contributed by atoms with Crippen LogP contribution >= 0.6 is 0 Å². The lowest BCUT2D eigenvalue weighted by Crippen LogP contribution is -2.14. The number of amides is 2. The number of carbonyl (C=O) groups excluding carboxylic acids is 2. The lowest BCUT2D eigenvalue weighted by molar-refractivity contribution is -0.111. The molecule has 2 rings (SSSR count). The van der Waals surface area contributed by atoms with E-state index in [1.807, 2.05) is 20.8 Å². The molecule has 0 saturated heterocycles. The molecular formula is C18H20FN3O2. The van der Waals surface area contributed by atoms with Crippen molar-refractivity contribution >= 4 is 23.2 Å². The van der Waals surface area contributed by atoms with Crippen LogP contribution in [0.15, 0.2) is 43.1 Å². The minimum absolute atomic E-state index is 0.0371. The second-order valence-corrected chi connectivity index (χ2v) is 6.39. The molecule has 0 aliphatic rings. The molecular weight excluding hydrogens is 309 g/mol. The van der Waals surface area contributed by atoms with E-state index in [-0.39, 0.29) is 16.8 Å². The van der Waals surface area contributed by atoms with Crippen molar-refractivity contribution in [3.63, 3.8) is 0 Å². The SMILES string of the molecule is C=CC(=O)Nc1ccc(NC(=O)c2c[nH]c(C(C)(C)C)c2)c(F)c1. The summed E-state index contributed by atoms with van der Waals surface area (Å²) in [7, 11) is 0. The minimum atomic E-state index is -0.642. The molecule has 0 atom stereocenters. The normalized spacial score (nSPS) is 11.0. The van der Waals surface area contributed by atoms with E-state index < -0.39 is 17.6 Å². The summed E-state index contributed by atoms with van der Waals surface area (Å²) >= 11 is 0. The first-order valence-corrected chi connectivity index (χ1v) is 7.44.